The van der Waals surface area contributed by atoms with Crippen molar-refractivity contribution < 1.29 is 24.9 Å². The molecule has 5 nitrogen and oxygen atoms in total. The van der Waals surface area contributed by atoms with Crippen LogP contribution in [0.5, 0.6) is 17.2 Å². The molecule has 0 aliphatic rings. The highest BCUT2D eigenvalue weighted by Gasteiger charge is 2.23. The third kappa shape index (κ3) is 2.27. The third-order valence-electron chi connectivity index (χ3n) is 2.55. The molecular formula is C12H16O5. The van der Waals surface area contributed by atoms with Crippen molar-refractivity contribution in [1.29, 1.82) is 0 Å². The molecule has 0 bridgehead atoms. The Balaban J connectivity index is 3.29. The van der Waals surface area contributed by atoms with E-state index < -0.39 is 23.2 Å². The van der Waals surface area contributed by atoms with E-state index in [-0.39, 0.29) is 23.3 Å². The Morgan fingerprint density at radius 1 is 1.06 bits per heavy atom. The molecule has 0 saturated carbocycles. The van der Waals surface area contributed by atoms with Gasteiger partial charge in [0.05, 0.1) is 12.2 Å². The van der Waals surface area contributed by atoms with Crippen LogP contribution in [0.15, 0.2) is 0 Å². The number of ether oxygens (including phenoxy) is 1. The SMILES string of the molecule is CCCOC(=O)c1c(C)c(O)c(O)c(O)c1C. The van der Waals surface area contributed by atoms with Crippen molar-refractivity contribution in [1.82, 2.24) is 0 Å². The number of aromatic hydroxyl groups is 3. The average molecular weight is 240 g/mol. The van der Waals surface area contributed by atoms with E-state index in [9.17, 15) is 20.1 Å². The van der Waals surface area contributed by atoms with Crippen LogP contribution in [0.2, 0.25) is 0 Å². The normalized spacial score (nSPS) is 10.3. The van der Waals surface area contributed by atoms with E-state index in [4.69, 9.17) is 4.74 Å². The van der Waals surface area contributed by atoms with Gasteiger partial charge < -0.3 is 20.1 Å². The van der Waals surface area contributed by atoms with Gasteiger partial charge in [-0.25, -0.2) is 4.79 Å². The van der Waals surface area contributed by atoms with Gasteiger partial charge in [0.15, 0.2) is 11.5 Å². The number of phenols is 3. The van der Waals surface area contributed by atoms with Gasteiger partial charge in [0.1, 0.15) is 0 Å². The van der Waals surface area contributed by atoms with Crippen LogP contribution in [0.3, 0.4) is 0 Å². The average Bonchev–Trinajstić information content (AvgIpc) is 2.31. The maximum absolute atomic E-state index is 11.7. The van der Waals surface area contributed by atoms with Crippen molar-refractivity contribution in [3.63, 3.8) is 0 Å². The van der Waals surface area contributed by atoms with Crippen molar-refractivity contribution in [2.75, 3.05) is 6.61 Å². The van der Waals surface area contributed by atoms with Crippen molar-refractivity contribution in [3.8, 4) is 17.2 Å². The molecule has 0 spiro atoms. The second-order valence-corrected chi connectivity index (χ2v) is 3.81. The van der Waals surface area contributed by atoms with Crippen molar-refractivity contribution in [2.24, 2.45) is 0 Å². The molecule has 1 aromatic carbocycles. The first-order chi connectivity index (χ1) is 7.91. The van der Waals surface area contributed by atoms with Gasteiger partial charge in [-0.05, 0) is 20.3 Å². The van der Waals surface area contributed by atoms with Gasteiger partial charge in [-0.1, -0.05) is 6.92 Å². The molecule has 17 heavy (non-hydrogen) atoms. The fraction of sp³-hybridized carbons (Fsp3) is 0.417. The molecule has 0 atom stereocenters. The Morgan fingerprint density at radius 3 is 1.94 bits per heavy atom. The van der Waals surface area contributed by atoms with Gasteiger partial charge in [0.2, 0.25) is 5.75 Å². The maximum atomic E-state index is 11.7. The number of carbonyl (C=O) groups is 1. The summed E-state index contributed by atoms with van der Waals surface area (Å²) in [7, 11) is 0. The number of hydrogen-bond donors (Lipinski definition) is 3. The number of phenolic OH excluding ortho intramolecular Hbond substituents is 3. The van der Waals surface area contributed by atoms with Crippen LogP contribution in [-0.4, -0.2) is 27.9 Å². The lowest BCUT2D eigenvalue weighted by Crippen LogP contribution is -2.10. The predicted octanol–water partition coefficient (Wildman–Crippen LogP) is 1.99. The molecule has 1 aromatic rings. The molecule has 0 fully saturated rings. The second kappa shape index (κ2) is 4.95. The van der Waals surface area contributed by atoms with Gasteiger partial charge in [-0.3, -0.25) is 0 Å². The van der Waals surface area contributed by atoms with E-state index in [0.717, 1.165) is 0 Å². The highest BCUT2D eigenvalue weighted by atomic mass is 16.5. The first kappa shape index (κ1) is 13.2. The number of rotatable bonds is 3. The molecular weight excluding hydrogens is 224 g/mol. The van der Waals surface area contributed by atoms with Crippen LogP contribution >= 0.6 is 0 Å². The summed E-state index contributed by atoms with van der Waals surface area (Å²) >= 11 is 0. The monoisotopic (exact) mass is 240 g/mol. The van der Waals surface area contributed by atoms with E-state index in [1.54, 1.807) is 0 Å². The minimum Gasteiger partial charge on any atom is -0.504 e. The summed E-state index contributed by atoms with van der Waals surface area (Å²) < 4.78 is 4.95. The van der Waals surface area contributed by atoms with E-state index in [2.05, 4.69) is 0 Å². The van der Waals surface area contributed by atoms with E-state index in [0.29, 0.717) is 6.42 Å². The summed E-state index contributed by atoms with van der Waals surface area (Å²) in [6, 6.07) is 0. The zero-order valence-electron chi connectivity index (χ0n) is 10.1. The van der Waals surface area contributed by atoms with Crippen LogP contribution in [0, 0.1) is 13.8 Å². The van der Waals surface area contributed by atoms with E-state index in [1.165, 1.54) is 13.8 Å². The number of carbonyl (C=O) groups excluding carboxylic acids is 1. The summed E-state index contributed by atoms with van der Waals surface area (Å²) in [5.74, 6) is -2.24. The van der Waals surface area contributed by atoms with Crippen molar-refractivity contribution in [3.05, 3.63) is 16.7 Å². The number of hydrogen-bond acceptors (Lipinski definition) is 5. The molecule has 1 rings (SSSR count). The fourth-order valence-electron chi connectivity index (χ4n) is 1.56. The summed E-state index contributed by atoms with van der Waals surface area (Å²) in [6.07, 6.45) is 0.680. The Morgan fingerprint density at radius 2 is 1.53 bits per heavy atom. The molecule has 0 heterocycles. The standard InChI is InChI=1S/C12H16O5/c1-4-5-17-12(16)8-6(2)9(13)11(15)10(14)7(8)3/h13-15H,4-5H2,1-3H3. The Bertz CT molecular complexity index is 422. The Labute approximate surface area is 99.3 Å². The topological polar surface area (TPSA) is 87.0 Å². The summed E-state index contributed by atoms with van der Waals surface area (Å²) in [5, 5.41) is 28.5. The first-order valence-corrected chi connectivity index (χ1v) is 5.32. The van der Waals surface area contributed by atoms with Gasteiger partial charge in [-0.15, -0.1) is 0 Å². The summed E-state index contributed by atoms with van der Waals surface area (Å²) in [4.78, 5) is 11.7. The zero-order chi connectivity index (χ0) is 13.2. The highest BCUT2D eigenvalue weighted by molar-refractivity contribution is 5.95. The number of esters is 1. The highest BCUT2D eigenvalue weighted by Crippen LogP contribution is 2.42. The van der Waals surface area contributed by atoms with E-state index >= 15 is 0 Å². The first-order valence-electron chi connectivity index (χ1n) is 5.32. The molecule has 0 unspecified atom stereocenters. The zero-order valence-corrected chi connectivity index (χ0v) is 10.1. The summed E-state index contributed by atoms with van der Waals surface area (Å²) in [6.45, 7) is 5.08. The molecule has 0 aliphatic heterocycles. The minimum atomic E-state index is -0.618. The lowest BCUT2D eigenvalue weighted by Gasteiger charge is -2.13. The second-order valence-electron chi connectivity index (χ2n) is 3.81. The van der Waals surface area contributed by atoms with Crippen LogP contribution in [0.4, 0.5) is 0 Å². The lowest BCUT2D eigenvalue weighted by molar-refractivity contribution is 0.0502. The Kier molecular flexibility index (Phi) is 3.83. The van der Waals surface area contributed by atoms with Gasteiger partial charge in [-0.2, -0.15) is 0 Å². The fourth-order valence-corrected chi connectivity index (χ4v) is 1.56. The van der Waals surface area contributed by atoms with Crippen LogP contribution in [-0.2, 0) is 4.74 Å². The van der Waals surface area contributed by atoms with E-state index in [1.807, 2.05) is 6.92 Å². The molecule has 0 amide bonds. The smallest absolute Gasteiger partial charge is 0.338 e. The number of benzene rings is 1. The predicted molar refractivity (Wildman–Crippen MR) is 61.5 cm³/mol. The largest absolute Gasteiger partial charge is 0.504 e. The van der Waals surface area contributed by atoms with Gasteiger partial charge in [0.25, 0.3) is 0 Å². The third-order valence-corrected chi connectivity index (χ3v) is 2.55. The molecule has 5 heteroatoms. The van der Waals surface area contributed by atoms with Crippen molar-refractivity contribution in [2.45, 2.75) is 27.2 Å². The van der Waals surface area contributed by atoms with Gasteiger partial charge in [0, 0.05) is 11.1 Å². The molecule has 0 radical (unpaired) electrons. The Hall–Kier alpha value is -1.91. The molecule has 94 valence electrons. The molecule has 3 N–H and O–H groups in total. The lowest BCUT2D eigenvalue weighted by atomic mass is 10.00. The molecule has 0 aromatic heterocycles. The van der Waals surface area contributed by atoms with Crippen molar-refractivity contribution >= 4 is 5.97 Å². The van der Waals surface area contributed by atoms with Crippen LogP contribution < -0.4 is 0 Å². The summed E-state index contributed by atoms with van der Waals surface area (Å²) in [5.41, 5.74) is 0.476. The maximum Gasteiger partial charge on any atom is 0.338 e. The van der Waals surface area contributed by atoms with Crippen LogP contribution in [0.25, 0.3) is 0 Å². The van der Waals surface area contributed by atoms with Crippen LogP contribution in [0.1, 0.15) is 34.8 Å². The minimum absolute atomic E-state index is 0.0891. The quantitative estimate of drug-likeness (QED) is 0.555. The molecule has 0 saturated heterocycles. The van der Waals surface area contributed by atoms with Gasteiger partial charge >= 0.3 is 5.97 Å². The molecule has 0 aliphatic carbocycles.